The monoisotopic (exact) mass is 215 g/mol. The minimum Gasteiger partial charge on any atom is -0.429 e. The molecule has 0 saturated carbocycles. The molecule has 2 N–H and O–H groups in total. The van der Waals surface area contributed by atoms with Gasteiger partial charge >= 0.3 is 6.11 Å². The smallest absolute Gasteiger partial charge is 0.415 e. The summed E-state index contributed by atoms with van der Waals surface area (Å²) in [4.78, 5) is 0. The van der Waals surface area contributed by atoms with Crippen LogP contribution < -0.4 is 10.1 Å². The van der Waals surface area contributed by atoms with Gasteiger partial charge in [-0.15, -0.1) is 0 Å². The number of benzene rings is 1. The average molecular weight is 215 g/mol. The van der Waals surface area contributed by atoms with Crippen LogP contribution in [0.2, 0.25) is 0 Å². The van der Waals surface area contributed by atoms with Crippen molar-refractivity contribution >= 4 is 5.69 Å². The minimum atomic E-state index is -3.22. The zero-order valence-electron chi connectivity index (χ0n) is 8.13. The highest BCUT2D eigenvalue weighted by Gasteiger charge is 2.37. The number of fused-ring (bicyclic) bond motifs is 1. The van der Waals surface area contributed by atoms with E-state index in [-0.39, 0.29) is 5.75 Å². The highest BCUT2D eigenvalue weighted by atomic mass is 19.3. The molecule has 2 rings (SSSR count). The molecule has 0 radical (unpaired) electrons. The fraction of sp³-hybridized carbons (Fsp3) is 0.400. The molecule has 1 atom stereocenters. The first kappa shape index (κ1) is 10.2. The Bertz CT molecular complexity index is 380. The van der Waals surface area contributed by atoms with Crippen LogP contribution in [0, 0.1) is 0 Å². The molecule has 0 saturated heterocycles. The molecule has 15 heavy (non-hydrogen) atoms. The van der Waals surface area contributed by atoms with Crippen LogP contribution in [0.25, 0.3) is 0 Å². The first-order valence-electron chi connectivity index (χ1n) is 4.61. The van der Waals surface area contributed by atoms with Gasteiger partial charge in [-0.2, -0.15) is 8.78 Å². The van der Waals surface area contributed by atoms with Gasteiger partial charge in [0, 0.05) is 5.56 Å². The number of halogens is 2. The van der Waals surface area contributed by atoms with Crippen molar-refractivity contribution in [3.8, 4) is 5.75 Å². The molecular weight excluding hydrogens is 204 g/mol. The Hall–Kier alpha value is -1.36. The van der Waals surface area contributed by atoms with Gasteiger partial charge in [-0.05, 0) is 13.0 Å². The Morgan fingerprint density at radius 1 is 1.53 bits per heavy atom. The number of aliphatic hydroxyl groups is 1. The molecule has 0 spiro atoms. The SMILES string of the molecule is C[C@@H](O)c1cccc2c1OC(F)(F)CN2. The Labute approximate surface area is 85.7 Å². The van der Waals surface area contributed by atoms with E-state index in [0.717, 1.165) is 0 Å². The molecule has 5 heteroatoms. The predicted octanol–water partition coefficient (Wildman–Crippen LogP) is 2.14. The van der Waals surface area contributed by atoms with Crippen LogP contribution in [0.4, 0.5) is 14.5 Å². The number of alkyl halides is 2. The van der Waals surface area contributed by atoms with Crippen molar-refractivity contribution in [2.75, 3.05) is 11.9 Å². The lowest BCUT2D eigenvalue weighted by Crippen LogP contribution is -2.37. The Morgan fingerprint density at radius 3 is 2.93 bits per heavy atom. The number of hydrogen-bond donors (Lipinski definition) is 2. The van der Waals surface area contributed by atoms with Gasteiger partial charge < -0.3 is 15.2 Å². The zero-order chi connectivity index (χ0) is 11.1. The summed E-state index contributed by atoms with van der Waals surface area (Å²) in [5.74, 6) is 0.0313. The van der Waals surface area contributed by atoms with E-state index in [1.165, 1.54) is 6.92 Å². The van der Waals surface area contributed by atoms with E-state index >= 15 is 0 Å². The van der Waals surface area contributed by atoms with Crippen LogP contribution >= 0.6 is 0 Å². The average Bonchev–Trinajstić information content (AvgIpc) is 2.15. The summed E-state index contributed by atoms with van der Waals surface area (Å²) < 4.78 is 30.5. The summed E-state index contributed by atoms with van der Waals surface area (Å²) in [5, 5.41) is 12.0. The van der Waals surface area contributed by atoms with Crippen molar-refractivity contribution in [3.05, 3.63) is 23.8 Å². The Balaban J connectivity index is 2.45. The second-order valence-corrected chi connectivity index (χ2v) is 3.49. The van der Waals surface area contributed by atoms with E-state index in [9.17, 15) is 13.9 Å². The number of para-hydroxylation sites is 1. The lowest BCUT2D eigenvalue weighted by Gasteiger charge is -2.28. The van der Waals surface area contributed by atoms with Crippen molar-refractivity contribution < 1.29 is 18.6 Å². The molecule has 82 valence electrons. The van der Waals surface area contributed by atoms with Crippen molar-refractivity contribution in [1.82, 2.24) is 0 Å². The van der Waals surface area contributed by atoms with Gasteiger partial charge in [0.15, 0.2) is 5.75 Å². The maximum atomic E-state index is 13.0. The molecule has 1 aromatic carbocycles. The summed E-state index contributed by atoms with van der Waals surface area (Å²) in [6, 6.07) is 4.88. The number of rotatable bonds is 1. The van der Waals surface area contributed by atoms with E-state index < -0.39 is 18.8 Å². The van der Waals surface area contributed by atoms with Gasteiger partial charge in [0.2, 0.25) is 0 Å². The number of aliphatic hydroxyl groups excluding tert-OH is 1. The summed E-state index contributed by atoms with van der Waals surface area (Å²) >= 11 is 0. The van der Waals surface area contributed by atoms with Crippen molar-refractivity contribution in [2.24, 2.45) is 0 Å². The maximum absolute atomic E-state index is 13.0. The van der Waals surface area contributed by atoms with E-state index in [0.29, 0.717) is 11.3 Å². The third kappa shape index (κ3) is 1.87. The molecule has 1 heterocycles. The van der Waals surface area contributed by atoms with Gasteiger partial charge in [-0.3, -0.25) is 0 Å². The Kier molecular flexibility index (Phi) is 2.26. The van der Waals surface area contributed by atoms with Gasteiger partial charge in [0.05, 0.1) is 11.8 Å². The summed E-state index contributed by atoms with van der Waals surface area (Å²) in [7, 11) is 0. The van der Waals surface area contributed by atoms with Gasteiger partial charge in [-0.1, -0.05) is 12.1 Å². The largest absolute Gasteiger partial charge is 0.429 e. The van der Waals surface area contributed by atoms with Crippen molar-refractivity contribution in [3.63, 3.8) is 0 Å². The summed E-state index contributed by atoms with van der Waals surface area (Å²) in [6.45, 7) is 0.953. The molecule has 0 amide bonds. The zero-order valence-corrected chi connectivity index (χ0v) is 8.13. The first-order chi connectivity index (χ1) is 6.99. The molecule has 3 nitrogen and oxygen atoms in total. The van der Waals surface area contributed by atoms with Crippen LogP contribution in [0.1, 0.15) is 18.6 Å². The number of nitrogens with one attached hydrogen (secondary N) is 1. The topological polar surface area (TPSA) is 41.5 Å². The van der Waals surface area contributed by atoms with Gasteiger partial charge in [0.1, 0.15) is 6.54 Å². The third-order valence-corrected chi connectivity index (χ3v) is 2.23. The van der Waals surface area contributed by atoms with E-state index in [1.807, 2.05) is 0 Å². The normalized spacial score (nSPS) is 19.7. The predicted molar refractivity (Wildman–Crippen MR) is 51.1 cm³/mol. The van der Waals surface area contributed by atoms with Crippen LogP contribution in [0.3, 0.4) is 0 Å². The van der Waals surface area contributed by atoms with Crippen LogP contribution in [0.5, 0.6) is 5.75 Å². The fourth-order valence-corrected chi connectivity index (χ4v) is 1.52. The molecule has 0 bridgehead atoms. The fourth-order valence-electron chi connectivity index (χ4n) is 1.52. The van der Waals surface area contributed by atoms with Gasteiger partial charge in [0.25, 0.3) is 0 Å². The molecule has 0 unspecified atom stereocenters. The van der Waals surface area contributed by atoms with Crippen LogP contribution in [-0.4, -0.2) is 17.8 Å². The van der Waals surface area contributed by atoms with E-state index in [1.54, 1.807) is 18.2 Å². The summed E-state index contributed by atoms with van der Waals surface area (Å²) in [5.41, 5.74) is 0.846. The standard InChI is InChI=1S/C10H11F2NO2/c1-6(14)7-3-2-4-8-9(7)15-10(11,12)5-13-8/h2-4,6,13-14H,5H2,1H3/t6-/m1/s1. The molecule has 1 aliphatic heterocycles. The molecular formula is C10H11F2NO2. The summed E-state index contributed by atoms with van der Waals surface area (Å²) in [6.07, 6.45) is -4.06. The third-order valence-electron chi connectivity index (χ3n) is 2.23. The second-order valence-electron chi connectivity index (χ2n) is 3.49. The highest BCUT2D eigenvalue weighted by Crippen LogP contribution is 2.39. The van der Waals surface area contributed by atoms with Crippen LogP contribution in [0.15, 0.2) is 18.2 Å². The van der Waals surface area contributed by atoms with Gasteiger partial charge in [-0.25, -0.2) is 0 Å². The second kappa shape index (κ2) is 3.34. The molecule has 0 aromatic heterocycles. The molecule has 1 aromatic rings. The quantitative estimate of drug-likeness (QED) is 0.754. The Morgan fingerprint density at radius 2 is 2.27 bits per heavy atom. The first-order valence-corrected chi connectivity index (χ1v) is 4.61. The van der Waals surface area contributed by atoms with Crippen molar-refractivity contribution in [2.45, 2.75) is 19.1 Å². The lowest BCUT2D eigenvalue weighted by molar-refractivity contribution is -0.167. The number of hydrogen-bond acceptors (Lipinski definition) is 3. The van der Waals surface area contributed by atoms with Crippen LogP contribution in [-0.2, 0) is 0 Å². The molecule has 0 fully saturated rings. The lowest BCUT2D eigenvalue weighted by atomic mass is 10.1. The molecule has 0 aliphatic carbocycles. The number of anilines is 1. The minimum absolute atomic E-state index is 0.0313. The van der Waals surface area contributed by atoms with E-state index in [2.05, 4.69) is 10.1 Å². The van der Waals surface area contributed by atoms with Crippen molar-refractivity contribution in [1.29, 1.82) is 0 Å². The van der Waals surface area contributed by atoms with E-state index in [4.69, 9.17) is 0 Å². The molecule has 1 aliphatic rings. The maximum Gasteiger partial charge on any atom is 0.415 e. The highest BCUT2D eigenvalue weighted by molar-refractivity contribution is 5.62. The number of ether oxygens (including phenoxy) is 1.